The summed E-state index contributed by atoms with van der Waals surface area (Å²) in [5, 5.41) is 12.9. The van der Waals surface area contributed by atoms with Gasteiger partial charge in [-0.15, -0.1) is 0 Å². The molecule has 1 aliphatic rings. The quantitative estimate of drug-likeness (QED) is 0.317. The molecule has 7 nitrogen and oxygen atoms in total. The van der Waals surface area contributed by atoms with Gasteiger partial charge in [0.05, 0.1) is 12.2 Å². The van der Waals surface area contributed by atoms with Gasteiger partial charge in [0.2, 0.25) is 6.29 Å². The third-order valence-electron chi connectivity index (χ3n) is 2.17. The fraction of sp³-hybridized carbons (Fsp3) is 0.875. The number of azide groups is 1. The summed E-state index contributed by atoms with van der Waals surface area (Å²) in [4.78, 5) is 13.4. The van der Waals surface area contributed by atoms with Crippen molar-refractivity contribution < 1.29 is 19.4 Å². The average molecular weight is 215 g/mol. The van der Waals surface area contributed by atoms with Crippen LogP contribution >= 0.6 is 0 Å². The SMILES string of the molecule is CC(=O)O[C@H]1O[C@H](C)[C@H](O)C[C@@H]1N=[N+]=[N-]. The highest BCUT2D eigenvalue weighted by molar-refractivity contribution is 5.66. The van der Waals surface area contributed by atoms with Crippen molar-refractivity contribution >= 4 is 5.97 Å². The number of hydrogen-bond donors (Lipinski definition) is 1. The van der Waals surface area contributed by atoms with Crippen LogP contribution in [0.5, 0.6) is 0 Å². The molecule has 0 aliphatic carbocycles. The van der Waals surface area contributed by atoms with E-state index in [0.717, 1.165) is 0 Å². The fourth-order valence-corrected chi connectivity index (χ4v) is 1.38. The normalized spacial score (nSPS) is 35.4. The maximum absolute atomic E-state index is 10.8. The van der Waals surface area contributed by atoms with E-state index in [9.17, 15) is 9.90 Å². The van der Waals surface area contributed by atoms with E-state index in [2.05, 4.69) is 10.0 Å². The van der Waals surface area contributed by atoms with Gasteiger partial charge in [0.1, 0.15) is 6.04 Å². The van der Waals surface area contributed by atoms with Crippen LogP contribution in [0.4, 0.5) is 0 Å². The number of aliphatic hydroxyl groups excluding tert-OH is 1. The lowest BCUT2D eigenvalue weighted by atomic mass is 10.0. The Kier molecular flexibility index (Phi) is 3.90. The minimum atomic E-state index is -0.906. The second-order valence-corrected chi connectivity index (χ2v) is 3.39. The Morgan fingerprint density at radius 3 is 2.93 bits per heavy atom. The summed E-state index contributed by atoms with van der Waals surface area (Å²) in [5.41, 5.74) is 8.30. The number of ether oxygens (including phenoxy) is 2. The Morgan fingerprint density at radius 2 is 2.40 bits per heavy atom. The monoisotopic (exact) mass is 215 g/mol. The van der Waals surface area contributed by atoms with Gasteiger partial charge in [-0.05, 0) is 18.9 Å². The van der Waals surface area contributed by atoms with E-state index in [1.54, 1.807) is 6.92 Å². The van der Waals surface area contributed by atoms with E-state index in [1.807, 2.05) is 0 Å². The predicted molar refractivity (Wildman–Crippen MR) is 49.7 cm³/mol. The van der Waals surface area contributed by atoms with E-state index in [4.69, 9.17) is 15.0 Å². The molecule has 1 saturated heterocycles. The third kappa shape index (κ3) is 3.09. The fourth-order valence-electron chi connectivity index (χ4n) is 1.38. The minimum absolute atomic E-state index is 0.225. The van der Waals surface area contributed by atoms with E-state index in [0.29, 0.717) is 0 Å². The molecule has 0 aromatic carbocycles. The van der Waals surface area contributed by atoms with Crippen molar-refractivity contribution in [2.45, 2.75) is 44.8 Å². The Balaban J connectivity index is 2.71. The van der Waals surface area contributed by atoms with Gasteiger partial charge >= 0.3 is 5.97 Å². The Morgan fingerprint density at radius 1 is 1.73 bits per heavy atom. The molecule has 0 aromatic heterocycles. The van der Waals surface area contributed by atoms with Gasteiger partial charge in [-0.25, -0.2) is 0 Å². The summed E-state index contributed by atoms with van der Waals surface area (Å²) >= 11 is 0. The van der Waals surface area contributed by atoms with E-state index < -0.39 is 30.5 Å². The van der Waals surface area contributed by atoms with Crippen LogP contribution in [0.1, 0.15) is 20.3 Å². The molecule has 0 amide bonds. The highest BCUT2D eigenvalue weighted by atomic mass is 16.7. The van der Waals surface area contributed by atoms with Crippen LogP contribution in [-0.4, -0.2) is 35.6 Å². The summed E-state index contributed by atoms with van der Waals surface area (Å²) in [6.45, 7) is 2.90. The number of rotatable bonds is 2. The van der Waals surface area contributed by atoms with Crippen LogP contribution < -0.4 is 0 Å². The van der Waals surface area contributed by atoms with Crippen molar-refractivity contribution in [1.29, 1.82) is 0 Å². The zero-order chi connectivity index (χ0) is 11.4. The molecule has 0 aromatic rings. The molecule has 0 bridgehead atoms. The molecule has 1 heterocycles. The molecular formula is C8H13N3O4. The van der Waals surface area contributed by atoms with Crippen molar-refractivity contribution in [3.63, 3.8) is 0 Å². The molecule has 15 heavy (non-hydrogen) atoms. The van der Waals surface area contributed by atoms with Gasteiger partial charge in [-0.1, -0.05) is 5.11 Å². The summed E-state index contributed by atoms with van der Waals surface area (Å²) in [5.74, 6) is -0.512. The number of carbonyl (C=O) groups is 1. The smallest absolute Gasteiger partial charge is 0.304 e. The number of hydrogen-bond acceptors (Lipinski definition) is 5. The van der Waals surface area contributed by atoms with Gasteiger partial charge in [0.25, 0.3) is 0 Å². The molecule has 0 unspecified atom stereocenters. The van der Waals surface area contributed by atoms with Crippen LogP contribution in [0.15, 0.2) is 5.11 Å². The summed E-state index contributed by atoms with van der Waals surface area (Å²) in [7, 11) is 0. The first-order valence-corrected chi connectivity index (χ1v) is 4.59. The topological polar surface area (TPSA) is 105 Å². The zero-order valence-corrected chi connectivity index (χ0v) is 8.53. The average Bonchev–Trinajstić information content (AvgIpc) is 2.13. The van der Waals surface area contributed by atoms with E-state index in [-0.39, 0.29) is 6.42 Å². The first kappa shape index (κ1) is 11.8. The van der Waals surface area contributed by atoms with E-state index in [1.165, 1.54) is 6.92 Å². The van der Waals surface area contributed by atoms with Crippen molar-refractivity contribution in [3.05, 3.63) is 10.4 Å². The molecule has 1 fully saturated rings. The van der Waals surface area contributed by atoms with Gasteiger partial charge in [-0.2, -0.15) is 0 Å². The molecule has 0 radical (unpaired) electrons. The van der Waals surface area contributed by atoms with Gasteiger partial charge in [0.15, 0.2) is 0 Å². The first-order valence-electron chi connectivity index (χ1n) is 4.59. The van der Waals surface area contributed by atoms with E-state index >= 15 is 0 Å². The van der Waals surface area contributed by atoms with Crippen LogP contribution in [-0.2, 0) is 14.3 Å². The molecule has 1 N–H and O–H groups in total. The van der Waals surface area contributed by atoms with Crippen LogP contribution in [0.2, 0.25) is 0 Å². The second kappa shape index (κ2) is 4.97. The first-order chi connectivity index (χ1) is 7.04. The largest absolute Gasteiger partial charge is 0.435 e. The number of nitrogens with zero attached hydrogens (tertiary/aromatic N) is 3. The van der Waals surface area contributed by atoms with Gasteiger partial charge in [0, 0.05) is 11.8 Å². The summed E-state index contributed by atoms with van der Waals surface area (Å²) < 4.78 is 10.1. The minimum Gasteiger partial charge on any atom is -0.435 e. The molecule has 0 saturated carbocycles. The molecule has 0 spiro atoms. The highest BCUT2D eigenvalue weighted by Gasteiger charge is 2.36. The van der Waals surface area contributed by atoms with Crippen molar-refractivity contribution in [1.82, 2.24) is 0 Å². The molecule has 1 rings (SSSR count). The summed E-state index contributed by atoms with van der Waals surface area (Å²) in [6, 6.07) is -0.676. The molecule has 7 heteroatoms. The predicted octanol–water partition coefficient (Wildman–Crippen LogP) is 0.724. The number of aliphatic hydroxyl groups is 1. The maximum atomic E-state index is 10.8. The van der Waals surface area contributed by atoms with Crippen LogP contribution in [0.25, 0.3) is 10.4 Å². The Labute approximate surface area is 86.6 Å². The molecule has 84 valence electrons. The zero-order valence-electron chi connectivity index (χ0n) is 8.53. The standard InChI is InChI=1S/C8H13N3O4/c1-4-7(13)3-6(10-11-9)8(14-4)15-5(2)12/h4,6-8,13H,3H2,1-2H3/t4-,6+,7-,8-/m1/s1. The van der Waals surface area contributed by atoms with Gasteiger partial charge < -0.3 is 14.6 Å². The molecule has 4 atom stereocenters. The lowest BCUT2D eigenvalue weighted by Crippen LogP contribution is -2.46. The lowest BCUT2D eigenvalue weighted by molar-refractivity contribution is -0.222. The Bertz CT molecular complexity index is 290. The van der Waals surface area contributed by atoms with Crippen molar-refractivity contribution in [3.8, 4) is 0 Å². The number of carbonyl (C=O) groups excluding carboxylic acids is 1. The van der Waals surface area contributed by atoms with Crippen molar-refractivity contribution in [2.75, 3.05) is 0 Å². The second-order valence-electron chi connectivity index (χ2n) is 3.39. The third-order valence-corrected chi connectivity index (χ3v) is 2.17. The maximum Gasteiger partial charge on any atom is 0.304 e. The van der Waals surface area contributed by atoms with Crippen molar-refractivity contribution in [2.24, 2.45) is 5.11 Å². The molecule has 1 aliphatic heterocycles. The van der Waals surface area contributed by atoms with Gasteiger partial charge in [-0.3, -0.25) is 4.79 Å². The highest BCUT2D eigenvalue weighted by Crippen LogP contribution is 2.23. The lowest BCUT2D eigenvalue weighted by Gasteiger charge is -2.35. The molecular weight excluding hydrogens is 202 g/mol. The van der Waals surface area contributed by atoms with Crippen LogP contribution in [0, 0.1) is 0 Å². The number of esters is 1. The Hall–Kier alpha value is -1.30. The van der Waals surface area contributed by atoms with Crippen LogP contribution in [0.3, 0.4) is 0 Å². The summed E-state index contributed by atoms with van der Waals surface area (Å²) in [6.07, 6.45) is -1.84.